The molecular formula is C11H23BO5. The van der Waals surface area contributed by atoms with Gasteiger partial charge in [-0.15, -0.1) is 0 Å². The molecule has 0 aromatic carbocycles. The summed E-state index contributed by atoms with van der Waals surface area (Å²) < 4.78 is 11.0. The van der Waals surface area contributed by atoms with Gasteiger partial charge in [0, 0.05) is 6.42 Å². The summed E-state index contributed by atoms with van der Waals surface area (Å²) in [5, 5.41) is 24.1. The molecule has 0 aliphatic carbocycles. The first-order chi connectivity index (χ1) is 7.74. The number of hydrogen-bond donors (Lipinski definition) is 3. The van der Waals surface area contributed by atoms with Crippen molar-refractivity contribution < 1.29 is 24.6 Å². The average molecular weight is 246 g/mol. The Kier molecular flexibility index (Phi) is 6.78. The van der Waals surface area contributed by atoms with Gasteiger partial charge in [-0.2, -0.15) is 0 Å². The first-order valence-electron chi connectivity index (χ1n) is 5.64. The van der Waals surface area contributed by atoms with Crippen molar-refractivity contribution in [2.45, 2.75) is 45.3 Å². The van der Waals surface area contributed by atoms with Crippen molar-refractivity contribution in [3.63, 3.8) is 0 Å². The Morgan fingerprint density at radius 1 is 1.29 bits per heavy atom. The Bertz CT molecular complexity index is 245. The van der Waals surface area contributed by atoms with Crippen LogP contribution in [0.4, 0.5) is 0 Å². The summed E-state index contributed by atoms with van der Waals surface area (Å²) in [4.78, 5) is 0. The van der Waals surface area contributed by atoms with Crippen molar-refractivity contribution in [2.24, 2.45) is 0 Å². The quantitative estimate of drug-likeness (QED) is 0.615. The molecule has 1 aliphatic heterocycles. The van der Waals surface area contributed by atoms with Gasteiger partial charge < -0.3 is 24.6 Å². The van der Waals surface area contributed by atoms with Gasteiger partial charge >= 0.3 is 7.69 Å². The highest BCUT2D eigenvalue weighted by Gasteiger charge is 2.37. The first kappa shape index (κ1) is 16.4. The molecule has 1 rings (SSSR count). The van der Waals surface area contributed by atoms with E-state index >= 15 is 0 Å². The van der Waals surface area contributed by atoms with E-state index in [4.69, 9.17) is 19.5 Å². The predicted molar refractivity (Wildman–Crippen MR) is 66.6 cm³/mol. The molecular weight excluding hydrogens is 223 g/mol. The molecule has 0 amide bonds. The zero-order valence-corrected chi connectivity index (χ0v) is 11.1. The zero-order chi connectivity index (χ0) is 13.5. The second-order valence-corrected chi connectivity index (χ2v) is 4.81. The lowest BCUT2D eigenvalue weighted by molar-refractivity contribution is -0.127. The maximum atomic E-state index is 9.89. The van der Waals surface area contributed by atoms with Crippen LogP contribution in [0.5, 0.6) is 0 Å². The lowest BCUT2D eigenvalue weighted by atomic mass is 9.89. The molecule has 0 aromatic rings. The van der Waals surface area contributed by atoms with E-state index in [2.05, 4.69) is 0 Å². The Labute approximate surface area is 103 Å². The lowest BCUT2D eigenvalue weighted by Gasteiger charge is -2.38. The van der Waals surface area contributed by atoms with E-state index in [1.54, 1.807) is 13.8 Å². The molecule has 0 saturated heterocycles. The summed E-state index contributed by atoms with van der Waals surface area (Å²) in [5.41, 5.74) is -1.43. The largest absolute Gasteiger partial charge is 0.489 e. The van der Waals surface area contributed by atoms with Crippen LogP contribution in [0.3, 0.4) is 0 Å². The van der Waals surface area contributed by atoms with Crippen LogP contribution in [-0.2, 0) is 9.47 Å². The van der Waals surface area contributed by atoms with Gasteiger partial charge in [-0.3, -0.25) is 0 Å². The molecule has 1 aliphatic rings. The highest BCUT2D eigenvalue weighted by Crippen LogP contribution is 2.29. The summed E-state index contributed by atoms with van der Waals surface area (Å²) in [6, 6.07) is 0. The van der Waals surface area contributed by atoms with E-state index in [-0.39, 0.29) is 0 Å². The van der Waals surface area contributed by atoms with E-state index in [9.17, 15) is 5.11 Å². The van der Waals surface area contributed by atoms with E-state index < -0.39 is 18.9 Å². The van der Waals surface area contributed by atoms with Crippen LogP contribution in [0.25, 0.3) is 0 Å². The third kappa shape index (κ3) is 6.07. The van der Waals surface area contributed by atoms with Gasteiger partial charge in [0.2, 0.25) is 0 Å². The summed E-state index contributed by atoms with van der Waals surface area (Å²) in [5.74, 6) is 0.920. The van der Waals surface area contributed by atoms with E-state index in [1.807, 2.05) is 19.9 Å². The fraction of sp³-hybridized carbons (Fsp3) is 0.818. The van der Waals surface area contributed by atoms with Crippen LogP contribution < -0.4 is 0 Å². The van der Waals surface area contributed by atoms with Crippen LogP contribution in [0, 0.1) is 0 Å². The van der Waals surface area contributed by atoms with Gasteiger partial charge in [0.05, 0.1) is 24.6 Å². The van der Waals surface area contributed by atoms with Crippen molar-refractivity contribution in [3.8, 4) is 0 Å². The summed E-state index contributed by atoms with van der Waals surface area (Å²) in [6.07, 6.45) is 2.72. The summed E-state index contributed by atoms with van der Waals surface area (Å²) in [7, 11) is -0.750. The molecule has 0 saturated carbocycles. The molecule has 1 heterocycles. The molecule has 0 spiro atoms. The van der Waals surface area contributed by atoms with E-state index in [1.165, 1.54) is 0 Å². The molecule has 0 atom stereocenters. The van der Waals surface area contributed by atoms with Crippen LogP contribution >= 0.6 is 0 Å². The Balaban J connectivity index is 0.000000770. The Morgan fingerprint density at radius 3 is 2.18 bits per heavy atom. The molecule has 0 unspecified atom stereocenters. The normalized spacial score (nSPS) is 16.5. The van der Waals surface area contributed by atoms with Crippen molar-refractivity contribution in [3.05, 3.63) is 11.8 Å². The van der Waals surface area contributed by atoms with Crippen molar-refractivity contribution in [1.29, 1.82) is 0 Å². The SMILES string of the molecule is CC(C)(O)C(C)(C)OC1=CCOCC1.OBO. The molecule has 0 aromatic heterocycles. The van der Waals surface area contributed by atoms with Crippen LogP contribution in [-0.4, -0.2) is 47.3 Å². The van der Waals surface area contributed by atoms with Gasteiger partial charge in [0.15, 0.2) is 0 Å². The van der Waals surface area contributed by atoms with E-state index in [0.717, 1.165) is 12.2 Å². The molecule has 0 fully saturated rings. The molecule has 0 radical (unpaired) electrons. The second kappa shape index (κ2) is 7.01. The fourth-order valence-corrected chi connectivity index (χ4v) is 1.06. The standard InChI is InChI=1S/C11H20O3.BH3O2/c1-10(2,12)11(3,4)14-9-5-7-13-8-6-9;2-1-3/h5,12H,6-8H2,1-4H3;1-3H. The predicted octanol–water partition coefficient (Wildman–Crippen LogP) is 0.0942. The zero-order valence-electron chi connectivity index (χ0n) is 11.1. The van der Waals surface area contributed by atoms with Crippen LogP contribution in [0.1, 0.15) is 34.1 Å². The van der Waals surface area contributed by atoms with Gasteiger partial charge in [-0.05, 0) is 33.8 Å². The summed E-state index contributed by atoms with van der Waals surface area (Å²) >= 11 is 0. The number of rotatable bonds is 3. The summed E-state index contributed by atoms with van der Waals surface area (Å²) in [6.45, 7) is 8.61. The van der Waals surface area contributed by atoms with Gasteiger partial charge in [0.25, 0.3) is 0 Å². The average Bonchev–Trinajstić information content (AvgIpc) is 2.17. The maximum Gasteiger partial charge on any atom is 0.432 e. The fourth-order valence-electron chi connectivity index (χ4n) is 1.06. The molecule has 5 nitrogen and oxygen atoms in total. The molecule has 100 valence electrons. The van der Waals surface area contributed by atoms with Gasteiger partial charge in [0.1, 0.15) is 5.60 Å². The van der Waals surface area contributed by atoms with Crippen LogP contribution in [0.15, 0.2) is 11.8 Å². The smallest absolute Gasteiger partial charge is 0.432 e. The van der Waals surface area contributed by atoms with E-state index in [0.29, 0.717) is 13.2 Å². The van der Waals surface area contributed by atoms with Crippen LogP contribution in [0.2, 0.25) is 0 Å². The highest BCUT2D eigenvalue weighted by molar-refractivity contribution is 6.13. The number of aliphatic hydroxyl groups is 1. The Hall–Kier alpha value is -0.555. The minimum absolute atomic E-state index is 0.573. The third-order valence-corrected chi connectivity index (χ3v) is 2.78. The molecule has 0 bridgehead atoms. The minimum atomic E-state index is -0.855. The third-order valence-electron chi connectivity index (χ3n) is 2.78. The second-order valence-electron chi connectivity index (χ2n) is 4.81. The van der Waals surface area contributed by atoms with Gasteiger partial charge in [-0.25, -0.2) is 0 Å². The number of hydrogen-bond acceptors (Lipinski definition) is 5. The number of ether oxygens (including phenoxy) is 2. The van der Waals surface area contributed by atoms with Crippen molar-refractivity contribution in [1.82, 2.24) is 0 Å². The molecule has 17 heavy (non-hydrogen) atoms. The minimum Gasteiger partial charge on any atom is -0.489 e. The Morgan fingerprint density at radius 2 is 1.82 bits per heavy atom. The van der Waals surface area contributed by atoms with Crippen molar-refractivity contribution >= 4 is 7.69 Å². The van der Waals surface area contributed by atoms with Gasteiger partial charge in [-0.1, -0.05) is 0 Å². The molecule has 6 heteroatoms. The lowest BCUT2D eigenvalue weighted by Crippen LogP contribution is -2.47. The molecule has 3 N–H and O–H groups in total. The topological polar surface area (TPSA) is 79.2 Å². The van der Waals surface area contributed by atoms with Crippen molar-refractivity contribution in [2.75, 3.05) is 13.2 Å². The monoisotopic (exact) mass is 246 g/mol. The maximum absolute atomic E-state index is 9.89. The first-order valence-corrected chi connectivity index (χ1v) is 5.64. The highest BCUT2D eigenvalue weighted by atomic mass is 16.5.